The van der Waals surface area contributed by atoms with Gasteiger partial charge in [-0.3, -0.25) is 4.79 Å². The number of fused-ring (bicyclic) bond motifs is 1. The Bertz CT molecular complexity index is 1220. The maximum Gasteiger partial charge on any atom is 0.243 e. The molecule has 2 heterocycles. The van der Waals surface area contributed by atoms with Crippen molar-refractivity contribution in [3.8, 4) is 0 Å². The summed E-state index contributed by atoms with van der Waals surface area (Å²) in [4.78, 5) is 17.3. The molecule has 2 aromatic carbocycles. The van der Waals surface area contributed by atoms with Crippen LogP contribution < -0.4 is 5.32 Å². The van der Waals surface area contributed by atoms with Gasteiger partial charge in [-0.25, -0.2) is 17.8 Å². The first-order valence-corrected chi connectivity index (χ1v) is 12.4. The van der Waals surface area contributed by atoms with Crippen LogP contribution in [0.3, 0.4) is 0 Å². The third-order valence-corrected chi connectivity index (χ3v) is 7.55. The summed E-state index contributed by atoms with van der Waals surface area (Å²) in [6, 6.07) is 10.7. The second-order valence-electron chi connectivity index (χ2n) is 8.00. The number of anilines is 1. The Morgan fingerprint density at radius 1 is 1.12 bits per heavy atom. The largest absolute Gasteiger partial charge is 0.328 e. The number of benzene rings is 2. The second kappa shape index (κ2) is 9.38. The average molecular weight is 459 g/mol. The van der Waals surface area contributed by atoms with Gasteiger partial charge in [-0.05, 0) is 61.7 Å². The van der Waals surface area contributed by atoms with E-state index in [1.165, 1.54) is 28.6 Å². The van der Waals surface area contributed by atoms with Gasteiger partial charge in [0, 0.05) is 38.2 Å². The zero-order chi connectivity index (χ0) is 22.7. The van der Waals surface area contributed by atoms with Gasteiger partial charge in [0.25, 0.3) is 0 Å². The number of sulfonamides is 1. The number of hydrogen-bond donors (Lipinski definition) is 1. The lowest BCUT2D eigenvalue weighted by atomic mass is 10.2. The van der Waals surface area contributed by atoms with E-state index in [-0.39, 0.29) is 23.0 Å². The van der Waals surface area contributed by atoms with E-state index in [4.69, 9.17) is 0 Å². The molecule has 0 atom stereocenters. The normalized spacial score (nSPS) is 14.8. The number of hydrogen-bond acceptors (Lipinski definition) is 4. The van der Waals surface area contributed by atoms with E-state index in [0.717, 1.165) is 37.1 Å². The van der Waals surface area contributed by atoms with Gasteiger partial charge in [-0.2, -0.15) is 4.31 Å². The molecular weight excluding hydrogens is 431 g/mol. The molecule has 1 aromatic heterocycles. The van der Waals surface area contributed by atoms with Gasteiger partial charge in [0.15, 0.2) is 0 Å². The number of carbonyl (C=O) groups excluding carboxylic acids is 1. The Hall–Kier alpha value is -2.78. The van der Waals surface area contributed by atoms with Crippen LogP contribution in [0.25, 0.3) is 11.0 Å². The number of halogens is 1. The van der Waals surface area contributed by atoms with Gasteiger partial charge in [-0.1, -0.05) is 6.92 Å². The summed E-state index contributed by atoms with van der Waals surface area (Å²) in [7, 11) is -3.52. The Kier molecular flexibility index (Phi) is 6.57. The SMILES string of the molecule is CCCn1c(CCC(=O)Nc2ccc(F)cc2)nc2cc(S(=O)(=O)N3CCCC3)ccc21. The maximum atomic E-state index is 13.0. The van der Waals surface area contributed by atoms with Crippen LogP contribution in [-0.4, -0.2) is 41.3 Å². The number of nitrogens with one attached hydrogen (secondary N) is 1. The van der Waals surface area contributed by atoms with E-state index in [0.29, 0.717) is 30.7 Å². The third-order valence-electron chi connectivity index (χ3n) is 5.65. The van der Waals surface area contributed by atoms with Crippen LogP contribution in [0, 0.1) is 5.82 Å². The quantitative estimate of drug-likeness (QED) is 0.554. The van der Waals surface area contributed by atoms with Crippen molar-refractivity contribution in [1.29, 1.82) is 0 Å². The minimum absolute atomic E-state index is 0.191. The number of aromatic nitrogens is 2. The molecule has 32 heavy (non-hydrogen) atoms. The molecule has 0 saturated carbocycles. The summed E-state index contributed by atoms with van der Waals surface area (Å²) in [5.74, 6) is 0.193. The Morgan fingerprint density at radius 3 is 2.53 bits per heavy atom. The van der Waals surface area contributed by atoms with Crippen LogP contribution in [0.5, 0.6) is 0 Å². The van der Waals surface area contributed by atoms with Gasteiger partial charge in [-0.15, -0.1) is 0 Å². The lowest BCUT2D eigenvalue weighted by molar-refractivity contribution is -0.116. The lowest BCUT2D eigenvalue weighted by Gasteiger charge is -2.15. The molecular formula is C23H27FN4O3S. The van der Waals surface area contributed by atoms with Gasteiger partial charge in [0.2, 0.25) is 15.9 Å². The van der Waals surface area contributed by atoms with E-state index in [1.807, 2.05) is 10.6 Å². The topological polar surface area (TPSA) is 84.3 Å². The van der Waals surface area contributed by atoms with Crippen LogP contribution >= 0.6 is 0 Å². The Morgan fingerprint density at radius 2 is 1.84 bits per heavy atom. The first-order chi connectivity index (χ1) is 15.4. The molecule has 1 aliphatic heterocycles. The van der Waals surface area contributed by atoms with Crippen molar-refractivity contribution in [2.75, 3.05) is 18.4 Å². The highest BCUT2D eigenvalue weighted by atomic mass is 32.2. The average Bonchev–Trinajstić information content (AvgIpc) is 3.43. The molecule has 7 nitrogen and oxygen atoms in total. The van der Waals surface area contributed by atoms with Gasteiger partial charge >= 0.3 is 0 Å². The van der Waals surface area contributed by atoms with Crippen LogP contribution in [-0.2, 0) is 27.8 Å². The molecule has 0 bridgehead atoms. The molecule has 1 saturated heterocycles. The highest BCUT2D eigenvalue weighted by molar-refractivity contribution is 7.89. The number of amides is 1. The van der Waals surface area contributed by atoms with E-state index >= 15 is 0 Å². The molecule has 1 amide bonds. The summed E-state index contributed by atoms with van der Waals surface area (Å²) in [6.45, 7) is 3.89. The first kappa shape index (κ1) is 22.4. The van der Waals surface area contributed by atoms with E-state index < -0.39 is 10.0 Å². The predicted octanol–water partition coefficient (Wildman–Crippen LogP) is 3.94. The maximum absolute atomic E-state index is 13.0. The molecule has 170 valence electrons. The fourth-order valence-corrected chi connectivity index (χ4v) is 5.58. The summed E-state index contributed by atoms with van der Waals surface area (Å²) >= 11 is 0. The van der Waals surface area contributed by atoms with Gasteiger partial charge in [0.1, 0.15) is 11.6 Å². The number of aryl methyl sites for hydroxylation is 2. The molecule has 3 aromatic rings. The zero-order valence-corrected chi connectivity index (χ0v) is 18.9. The summed E-state index contributed by atoms with van der Waals surface area (Å²) in [6.07, 6.45) is 3.28. The van der Waals surface area contributed by atoms with E-state index in [1.54, 1.807) is 12.1 Å². The van der Waals surface area contributed by atoms with E-state index in [2.05, 4.69) is 17.2 Å². The molecule has 0 unspecified atom stereocenters. The molecule has 4 rings (SSSR count). The predicted molar refractivity (Wildman–Crippen MR) is 121 cm³/mol. The van der Waals surface area contributed by atoms with E-state index in [9.17, 15) is 17.6 Å². The van der Waals surface area contributed by atoms with Gasteiger partial charge < -0.3 is 9.88 Å². The fraction of sp³-hybridized carbons (Fsp3) is 0.391. The Balaban J connectivity index is 1.54. The van der Waals surface area contributed by atoms with Crippen molar-refractivity contribution in [1.82, 2.24) is 13.9 Å². The molecule has 1 aliphatic rings. The van der Waals surface area contributed by atoms with Crippen LogP contribution in [0.15, 0.2) is 47.4 Å². The number of carbonyl (C=O) groups is 1. The second-order valence-corrected chi connectivity index (χ2v) is 9.93. The van der Waals surface area contributed by atoms with Crippen LogP contribution in [0.1, 0.15) is 38.4 Å². The van der Waals surface area contributed by atoms with Crippen molar-refractivity contribution in [3.05, 3.63) is 54.1 Å². The van der Waals surface area contributed by atoms with Crippen molar-refractivity contribution >= 4 is 32.7 Å². The van der Waals surface area contributed by atoms with Crippen molar-refractivity contribution in [2.24, 2.45) is 0 Å². The smallest absolute Gasteiger partial charge is 0.243 e. The Labute approximate surface area is 187 Å². The number of nitrogens with zero attached hydrogens (tertiary/aromatic N) is 3. The number of imidazole rings is 1. The minimum atomic E-state index is -3.52. The van der Waals surface area contributed by atoms with Crippen LogP contribution in [0.2, 0.25) is 0 Å². The van der Waals surface area contributed by atoms with Gasteiger partial charge in [0.05, 0.1) is 15.9 Å². The first-order valence-electron chi connectivity index (χ1n) is 10.9. The molecule has 0 spiro atoms. The monoisotopic (exact) mass is 458 g/mol. The van der Waals surface area contributed by atoms with Crippen molar-refractivity contribution < 1.29 is 17.6 Å². The minimum Gasteiger partial charge on any atom is -0.328 e. The van der Waals surface area contributed by atoms with Crippen LogP contribution in [0.4, 0.5) is 10.1 Å². The fourth-order valence-electron chi connectivity index (χ4n) is 4.04. The molecule has 0 aliphatic carbocycles. The summed E-state index contributed by atoms with van der Waals surface area (Å²) in [5.41, 5.74) is 2.02. The lowest BCUT2D eigenvalue weighted by Crippen LogP contribution is -2.27. The highest BCUT2D eigenvalue weighted by Gasteiger charge is 2.27. The molecule has 1 N–H and O–H groups in total. The molecule has 0 radical (unpaired) electrons. The highest BCUT2D eigenvalue weighted by Crippen LogP contribution is 2.26. The summed E-state index contributed by atoms with van der Waals surface area (Å²) in [5, 5.41) is 2.76. The number of rotatable bonds is 8. The zero-order valence-electron chi connectivity index (χ0n) is 18.1. The molecule has 1 fully saturated rings. The van der Waals surface area contributed by atoms with Crippen molar-refractivity contribution in [3.63, 3.8) is 0 Å². The van der Waals surface area contributed by atoms with Crippen molar-refractivity contribution in [2.45, 2.75) is 50.5 Å². The summed E-state index contributed by atoms with van der Waals surface area (Å²) < 4.78 is 42.5. The molecule has 9 heteroatoms. The third kappa shape index (κ3) is 4.68. The standard InChI is InChI=1S/C23H27FN4O3S/c1-2-13-28-21-10-9-19(32(30,31)27-14-3-4-15-27)16-20(21)26-22(28)11-12-23(29)25-18-7-5-17(24)6-8-18/h5-10,16H,2-4,11-15H2,1H3,(H,25,29).